The summed E-state index contributed by atoms with van der Waals surface area (Å²) in [5.74, 6) is 5.92. The standard InChI is InChI=1S/C25H32O3/c1-3-13-24(2,18-23(26)27)21-9-11-22(12-10-21)28-19-20-8-7-16-25(17-20)14-5-4-6-15-25/h8-12H,4-7,14-19H2,1-2H3,(H,26,27). The van der Waals surface area contributed by atoms with Gasteiger partial charge in [-0.1, -0.05) is 43.4 Å². The molecular weight excluding hydrogens is 348 g/mol. The number of allylic oxidation sites excluding steroid dienone is 1. The molecule has 0 saturated heterocycles. The number of aliphatic carboxylic acids is 1. The van der Waals surface area contributed by atoms with Crippen LogP contribution < -0.4 is 4.74 Å². The fraction of sp³-hybridized carbons (Fsp3) is 0.560. The molecule has 150 valence electrons. The first-order valence-electron chi connectivity index (χ1n) is 10.5. The molecule has 0 radical (unpaired) electrons. The minimum Gasteiger partial charge on any atom is -0.489 e. The molecule has 3 rings (SSSR count). The van der Waals surface area contributed by atoms with Gasteiger partial charge < -0.3 is 9.84 Å². The summed E-state index contributed by atoms with van der Waals surface area (Å²) in [5.41, 5.74) is 2.20. The number of carboxylic acid groups (broad SMARTS) is 1. The van der Waals surface area contributed by atoms with Crippen LogP contribution in [0.1, 0.15) is 77.2 Å². The zero-order chi connectivity index (χ0) is 20.0. The second-order valence-corrected chi connectivity index (χ2v) is 8.73. The second kappa shape index (κ2) is 8.86. The fourth-order valence-electron chi connectivity index (χ4n) is 4.96. The van der Waals surface area contributed by atoms with Gasteiger partial charge in [0.1, 0.15) is 12.4 Å². The van der Waals surface area contributed by atoms with E-state index in [1.165, 1.54) is 56.9 Å². The van der Waals surface area contributed by atoms with Gasteiger partial charge in [0.25, 0.3) is 0 Å². The van der Waals surface area contributed by atoms with Crippen LogP contribution in [0.2, 0.25) is 0 Å². The van der Waals surface area contributed by atoms with Crippen molar-refractivity contribution in [1.29, 1.82) is 0 Å². The van der Waals surface area contributed by atoms with Crippen molar-refractivity contribution in [2.45, 2.75) is 77.0 Å². The second-order valence-electron chi connectivity index (χ2n) is 8.73. The van der Waals surface area contributed by atoms with Crippen LogP contribution in [0, 0.1) is 17.3 Å². The topological polar surface area (TPSA) is 46.5 Å². The van der Waals surface area contributed by atoms with Crippen LogP contribution in [0.3, 0.4) is 0 Å². The molecule has 3 heteroatoms. The molecule has 0 bridgehead atoms. The van der Waals surface area contributed by atoms with Crippen LogP contribution in [0.25, 0.3) is 0 Å². The molecule has 1 spiro atoms. The molecule has 1 aromatic rings. The molecule has 1 atom stereocenters. The summed E-state index contributed by atoms with van der Waals surface area (Å²) in [6.07, 6.45) is 13.0. The normalized spacial score (nSPS) is 20.4. The summed E-state index contributed by atoms with van der Waals surface area (Å²) >= 11 is 0. The highest BCUT2D eigenvalue weighted by atomic mass is 16.5. The van der Waals surface area contributed by atoms with Crippen molar-refractivity contribution in [3.05, 3.63) is 41.5 Å². The maximum Gasteiger partial charge on any atom is 0.305 e. The average Bonchev–Trinajstić information content (AvgIpc) is 2.67. The molecule has 0 aliphatic heterocycles. The van der Waals surface area contributed by atoms with E-state index in [0.29, 0.717) is 12.0 Å². The Labute approximate surface area is 169 Å². The molecule has 1 aromatic carbocycles. The quantitative estimate of drug-likeness (QED) is 0.495. The predicted octanol–water partition coefficient (Wildman–Crippen LogP) is 5.88. The van der Waals surface area contributed by atoms with Crippen LogP contribution in [0.4, 0.5) is 0 Å². The first-order valence-corrected chi connectivity index (χ1v) is 10.5. The molecule has 1 saturated carbocycles. The van der Waals surface area contributed by atoms with Crippen LogP contribution in [0.5, 0.6) is 5.75 Å². The molecular formula is C25H32O3. The number of carboxylic acids is 1. The number of hydrogen-bond donors (Lipinski definition) is 1. The third-order valence-corrected chi connectivity index (χ3v) is 6.45. The zero-order valence-electron chi connectivity index (χ0n) is 17.2. The van der Waals surface area contributed by atoms with Gasteiger partial charge in [0.2, 0.25) is 0 Å². The third kappa shape index (κ3) is 4.98. The van der Waals surface area contributed by atoms with Crippen molar-refractivity contribution in [2.75, 3.05) is 6.61 Å². The molecule has 2 aliphatic rings. The average molecular weight is 381 g/mol. The molecule has 2 aliphatic carbocycles. The van der Waals surface area contributed by atoms with E-state index in [9.17, 15) is 9.90 Å². The van der Waals surface area contributed by atoms with E-state index in [2.05, 4.69) is 17.9 Å². The summed E-state index contributed by atoms with van der Waals surface area (Å²) in [6.45, 7) is 4.28. The Hall–Kier alpha value is -2.21. The minimum absolute atomic E-state index is 0.0109. The summed E-state index contributed by atoms with van der Waals surface area (Å²) in [6, 6.07) is 7.76. The number of hydrogen-bond acceptors (Lipinski definition) is 2. The van der Waals surface area contributed by atoms with E-state index < -0.39 is 11.4 Å². The summed E-state index contributed by atoms with van der Waals surface area (Å²) < 4.78 is 6.07. The van der Waals surface area contributed by atoms with Crippen molar-refractivity contribution in [2.24, 2.45) is 5.41 Å². The largest absolute Gasteiger partial charge is 0.489 e. The number of benzene rings is 1. The van der Waals surface area contributed by atoms with Crippen LogP contribution in [-0.2, 0) is 10.2 Å². The lowest BCUT2D eigenvalue weighted by molar-refractivity contribution is -0.137. The first-order chi connectivity index (χ1) is 13.4. The minimum atomic E-state index is -0.841. The predicted molar refractivity (Wildman–Crippen MR) is 112 cm³/mol. The lowest BCUT2D eigenvalue weighted by Crippen LogP contribution is -2.28. The summed E-state index contributed by atoms with van der Waals surface area (Å²) in [7, 11) is 0. The Balaban J connectivity index is 1.62. The SMILES string of the molecule is CC#CC(C)(CC(=O)O)c1ccc(OCC2=CCCC3(CCCCC3)C2)cc1. The number of carbonyl (C=O) groups is 1. The molecule has 3 nitrogen and oxygen atoms in total. The Morgan fingerprint density at radius 1 is 1.18 bits per heavy atom. The lowest BCUT2D eigenvalue weighted by Gasteiger charge is -2.40. The summed E-state index contributed by atoms with van der Waals surface area (Å²) in [5, 5.41) is 9.23. The van der Waals surface area contributed by atoms with Crippen LogP contribution in [0.15, 0.2) is 35.9 Å². The van der Waals surface area contributed by atoms with Gasteiger partial charge in [-0.25, -0.2) is 0 Å². The van der Waals surface area contributed by atoms with Gasteiger partial charge in [0.15, 0.2) is 0 Å². The summed E-state index contributed by atoms with van der Waals surface area (Å²) in [4.78, 5) is 11.2. The highest BCUT2D eigenvalue weighted by molar-refractivity contribution is 5.70. The zero-order valence-corrected chi connectivity index (χ0v) is 17.2. The third-order valence-electron chi connectivity index (χ3n) is 6.45. The Morgan fingerprint density at radius 3 is 2.54 bits per heavy atom. The van der Waals surface area contributed by atoms with Crippen molar-refractivity contribution < 1.29 is 14.6 Å². The van der Waals surface area contributed by atoms with Crippen molar-refractivity contribution in [3.8, 4) is 17.6 Å². The molecule has 1 fully saturated rings. The monoisotopic (exact) mass is 380 g/mol. The van der Waals surface area contributed by atoms with Gasteiger partial charge in [0, 0.05) is 0 Å². The van der Waals surface area contributed by atoms with E-state index in [4.69, 9.17) is 4.74 Å². The molecule has 1 unspecified atom stereocenters. The number of ether oxygens (including phenoxy) is 1. The van der Waals surface area contributed by atoms with E-state index in [1.54, 1.807) is 6.92 Å². The van der Waals surface area contributed by atoms with Crippen LogP contribution >= 0.6 is 0 Å². The fourth-order valence-corrected chi connectivity index (χ4v) is 4.96. The van der Waals surface area contributed by atoms with Crippen molar-refractivity contribution in [3.63, 3.8) is 0 Å². The van der Waals surface area contributed by atoms with Gasteiger partial charge in [-0.05, 0) is 74.6 Å². The van der Waals surface area contributed by atoms with Crippen molar-refractivity contribution >= 4 is 5.97 Å². The van der Waals surface area contributed by atoms with Crippen molar-refractivity contribution in [1.82, 2.24) is 0 Å². The van der Waals surface area contributed by atoms with Gasteiger partial charge in [-0.2, -0.15) is 0 Å². The first kappa shape index (κ1) is 20.5. The van der Waals surface area contributed by atoms with E-state index in [0.717, 1.165) is 11.3 Å². The maximum atomic E-state index is 11.2. The highest BCUT2D eigenvalue weighted by Gasteiger charge is 2.34. The molecule has 0 amide bonds. The van der Waals surface area contributed by atoms with Gasteiger partial charge in [-0.3, -0.25) is 4.79 Å². The molecule has 0 heterocycles. The lowest BCUT2D eigenvalue weighted by atomic mass is 9.65. The van der Waals surface area contributed by atoms with Gasteiger partial charge in [0.05, 0.1) is 11.8 Å². The van der Waals surface area contributed by atoms with E-state index in [1.807, 2.05) is 31.2 Å². The molecule has 1 N–H and O–H groups in total. The Kier molecular flexibility index (Phi) is 6.50. The molecule has 28 heavy (non-hydrogen) atoms. The Bertz CT molecular complexity index is 772. The number of rotatable bonds is 6. The van der Waals surface area contributed by atoms with Gasteiger partial charge in [-0.15, -0.1) is 5.92 Å². The van der Waals surface area contributed by atoms with E-state index in [-0.39, 0.29) is 6.42 Å². The van der Waals surface area contributed by atoms with Gasteiger partial charge >= 0.3 is 5.97 Å². The maximum absolute atomic E-state index is 11.2. The molecule has 0 aromatic heterocycles. The smallest absolute Gasteiger partial charge is 0.305 e. The highest BCUT2D eigenvalue weighted by Crippen LogP contribution is 2.47. The van der Waals surface area contributed by atoms with E-state index >= 15 is 0 Å². The Morgan fingerprint density at radius 2 is 1.89 bits per heavy atom. The van der Waals surface area contributed by atoms with Crippen LogP contribution in [-0.4, -0.2) is 17.7 Å².